The molecule has 0 radical (unpaired) electrons. The number of nitrogens with zero attached hydrogens (tertiary/aromatic N) is 2. The number of hydrogen-bond acceptors (Lipinski definition) is 10. The number of halogens is 2. The third-order valence-corrected chi connectivity index (χ3v) is 7.85. The fourth-order valence-corrected chi connectivity index (χ4v) is 5.59. The van der Waals surface area contributed by atoms with Gasteiger partial charge in [0, 0.05) is 35.4 Å². The van der Waals surface area contributed by atoms with Gasteiger partial charge in [0.05, 0.1) is 12.0 Å². The number of dihydropyridines is 1. The maximum atomic E-state index is 13.5. The van der Waals surface area contributed by atoms with Crippen LogP contribution in [0.25, 0.3) is 5.70 Å². The molecule has 2 aromatic rings. The van der Waals surface area contributed by atoms with Crippen molar-refractivity contribution in [3.8, 4) is 0 Å². The highest BCUT2D eigenvalue weighted by Crippen LogP contribution is 2.44. The van der Waals surface area contributed by atoms with Crippen molar-refractivity contribution in [1.82, 2.24) is 15.3 Å². The Kier molecular flexibility index (Phi) is 10.0. The molecule has 1 aliphatic carbocycles. The molecule has 0 amide bonds. The summed E-state index contributed by atoms with van der Waals surface area (Å²) in [5.74, 6) is -1.09. The lowest BCUT2D eigenvalue weighted by Crippen LogP contribution is -2.68. The zero-order valence-electron chi connectivity index (χ0n) is 24.7. The quantitative estimate of drug-likeness (QED) is 0.229. The fraction of sp³-hybridized carbons (Fsp3) is 0.484. The maximum Gasteiger partial charge on any atom is 0.511 e. The van der Waals surface area contributed by atoms with Gasteiger partial charge in [-0.1, -0.05) is 0 Å². The van der Waals surface area contributed by atoms with Crippen LogP contribution in [0.1, 0.15) is 70.9 Å². The topological polar surface area (TPSA) is 132 Å². The van der Waals surface area contributed by atoms with Crippen LogP contribution in [0, 0.1) is 11.8 Å². The van der Waals surface area contributed by atoms with Crippen molar-refractivity contribution < 1.29 is 37.7 Å². The van der Waals surface area contributed by atoms with Crippen molar-refractivity contribution in [1.29, 1.82) is 0 Å². The first kappa shape index (κ1) is 31.9. The lowest BCUT2D eigenvalue weighted by atomic mass is 9.68. The second kappa shape index (κ2) is 13.5. The van der Waals surface area contributed by atoms with Gasteiger partial charge in [-0.15, -0.1) is 0 Å². The van der Waals surface area contributed by atoms with E-state index in [-0.39, 0.29) is 23.4 Å². The minimum atomic E-state index is -2.69. The summed E-state index contributed by atoms with van der Waals surface area (Å²) < 4.78 is 41.9. The highest BCUT2D eigenvalue weighted by molar-refractivity contribution is 5.73. The van der Waals surface area contributed by atoms with Crippen molar-refractivity contribution >= 4 is 23.6 Å². The maximum absolute atomic E-state index is 13.5. The summed E-state index contributed by atoms with van der Waals surface area (Å²) in [5.41, 5.74) is -0.794. The lowest BCUT2D eigenvalue weighted by Gasteiger charge is -2.52. The van der Waals surface area contributed by atoms with Crippen LogP contribution in [0.3, 0.4) is 0 Å². The Morgan fingerprint density at radius 3 is 2.58 bits per heavy atom. The molecule has 2 aromatic heterocycles. The summed E-state index contributed by atoms with van der Waals surface area (Å²) >= 11 is 0. The van der Waals surface area contributed by atoms with E-state index in [0.717, 1.165) is 11.1 Å². The van der Waals surface area contributed by atoms with E-state index in [1.54, 1.807) is 39.2 Å². The minimum absolute atomic E-state index is 0.162. The first-order chi connectivity index (χ1) is 20.4. The molecular weight excluding hydrogens is 562 g/mol. The molecule has 2 atom stereocenters. The molecule has 0 bridgehead atoms. The van der Waals surface area contributed by atoms with Crippen LogP contribution in [0.15, 0.2) is 60.6 Å². The van der Waals surface area contributed by atoms with E-state index in [9.17, 15) is 23.5 Å². The Balaban J connectivity index is 1.54. The van der Waals surface area contributed by atoms with Gasteiger partial charge in [0.25, 0.3) is 6.43 Å². The van der Waals surface area contributed by atoms with E-state index in [0.29, 0.717) is 31.4 Å². The summed E-state index contributed by atoms with van der Waals surface area (Å²) in [6, 6.07) is 6.19. The van der Waals surface area contributed by atoms with Crippen molar-refractivity contribution in [2.24, 2.45) is 11.8 Å². The van der Waals surface area contributed by atoms with Crippen LogP contribution in [-0.4, -0.2) is 51.4 Å². The van der Waals surface area contributed by atoms with Crippen molar-refractivity contribution in [3.63, 3.8) is 0 Å². The Morgan fingerprint density at radius 2 is 1.93 bits per heavy atom. The molecule has 43 heavy (non-hydrogen) atoms. The zero-order valence-corrected chi connectivity index (χ0v) is 24.7. The van der Waals surface area contributed by atoms with Gasteiger partial charge >= 0.3 is 12.1 Å². The lowest BCUT2D eigenvalue weighted by molar-refractivity contribution is -0.161. The third kappa shape index (κ3) is 7.67. The molecule has 10 nitrogen and oxygen atoms in total. The number of nitrogens with one attached hydrogen (secondary N) is 2. The second-order valence-corrected chi connectivity index (χ2v) is 11.4. The highest BCUT2D eigenvalue weighted by atomic mass is 19.3. The molecule has 1 aliphatic heterocycles. The van der Waals surface area contributed by atoms with Gasteiger partial charge in [0.15, 0.2) is 5.66 Å². The van der Waals surface area contributed by atoms with Crippen LogP contribution in [0.4, 0.5) is 19.4 Å². The van der Waals surface area contributed by atoms with E-state index >= 15 is 0 Å². The molecule has 12 heteroatoms. The van der Waals surface area contributed by atoms with E-state index < -0.39 is 42.5 Å². The first-order valence-electron chi connectivity index (χ1n) is 14.2. The summed E-state index contributed by atoms with van der Waals surface area (Å²) in [6.45, 7) is 6.38. The predicted molar refractivity (Wildman–Crippen MR) is 154 cm³/mol. The van der Waals surface area contributed by atoms with E-state index in [4.69, 9.17) is 14.2 Å². The number of carbonyl (C=O) groups excluding carboxylic acids is 2. The SMILES string of the molecule is CC1=CC(Nc2cc(C(F)F)ccn2)(C(C)(O)C2CCC(C(=O)OCOC(=O)OC(C)C)CC2)NC(c2cccnc2)=C1. The largest absolute Gasteiger partial charge is 0.511 e. The number of esters is 1. The molecule has 1 fully saturated rings. The van der Waals surface area contributed by atoms with Gasteiger partial charge < -0.3 is 30.0 Å². The monoisotopic (exact) mass is 600 g/mol. The van der Waals surface area contributed by atoms with E-state index in [1.165, 1.54) is 18.3 Å². The Bertz CT molecular complexity index is 1340. The number of allylic oxidation sites excluding steroid dienone is 2. The average Bonchev–Trinajstić information content (AvgIpc) is 2.97. The molecule has 4 rings (SSSR count). The summed E-state index contributed by atoms with van der Waals surface area (Å²) in [4.78, 5) is 32.7. The molecule has 0 spiro atoms. The summed E-state index contributed by atoms with van der Waals surface area (Å²) in [7, 11) is 0. The van der Waals surface area contributed by atoms with Crippen LogP contribution < -0.4 is 10.6 Å². The Morgan fingerprint density at radius 1 is 1.19 bits per heavy atom. The number of anilines is 1. The number of hydrogen-bond donors (Lipinski definition) is 3. The normalized spacial score (nSPS) is 23.4. The number of ether oxygens (including phenoxy) is 3. The van der Waals surface area contributed by atoms with E-state index in [1.807, 2.05) is 25.1 Å². The predicted octanol–water partition coefficient (Wildman–Crippen LogP) is 5.73. The first-order valence-corrected chi connectivity index (χ1v) is 14.2. The Labute approximate surface area is 249 Å². The van der Waals surface area contributed by atoms with E-state index in [2.05, 4.69) is 20.6 Å². The molecule has 2 aliphatic rings. The molecule has 0 saturated heterocycles. The number of aliphatic hydroxyl groups is 1. The summed E-state index contributed by atoms with van der Waals surface area (Å²) in [5, 5.41) is 19.0. The summed E-state index contributed by atoms with van der Waals surface area (Å²) in [6.07, 6.45) is 6.22. The van der Waals surface area contributed by atoms with Crippen LogP contribution in [-0.2, 0) is 19.0 Å². The molecular formula is C31H38F2N4O6. The second-order valence-electron chi connectivity index (χ2n) is 11.4. The van der Waals surface area contributed by atoms with Gasteiger partial charge in [0.2, 0.25) is 6.79 Å². The standard InChI is InChI=1S/C31H38F2N4O6/c1-19(2)43-29(39)42-18-41-28(38)21-7-9-24(10-8-21)30(4,40)31(37-26-15-22(27(32)33)11-13-35-26)16-20(3)14-25(36-31)23-6-5-12-34-17-23/h5-6,11-17,19,21,24,27,36,40H,7-10,18H2,1-4H3,(H,35,37). The van der Waals surface area contributed by atoms with Gasteiger partial charge in [-0.25, -0.2) is 18.6 Å². The van der Waals surface area contributed by atoms with Gasteiger partial charge in [-0.05, 0) is 101 Å². The number of aromatic nitrogens is 2. The third-order valence-electron chi connectivity index (χ3n) is 7.85. The molecule has 3 N–H and O–H groups in total. The highest BCUT2D eigenvalue weighted by Gasteiger charge is 2.53. The van der Waals surface area contributed by atoms with Crippen LogP contribution in [0.5, 0.6) is 0 Å². The van der Waals surface area contributed by atoms with Crippen molar-refractivity contribution in [2.75, 3.05) is 12.1 Å². The smallest absolute Gasteiger partial charge is 0.431 e. The van der Waals surface area contributed by atoms with Crippen molar-refractivity contribution in [2.45, 2.75) is 77.2 Å². The van der Waals surface area contributed by atoms with Gasteiger partial charge in [-0.2, -0.15) is 0 Å². The van der Waals surface area contributed by atoms with Crippen LogP contribution in [0.2, 0.25) is 0 Å². The van der Waals surface area contributed by atoms with Crippen LogP contribution >= 0.6 is 0 Å². The molecule has 2 unspecified atom stereocenters. The number of rotatable bonds is 10. The zero-order chi connectivity index (χ0) is 31.2. The number of pyridine rings is 2. The number of carbonyl (C=O) groups is 2. The Hall–Kier alpha value is -4.06. The fourth-order valence-electron chi connectivity index (χ4n) is 5.59. The minimum Gasteiger partial charge on any atom is -0.431 e. The van der Waals surface area contributed by atoms with Crippen molar-refractivity contribution in [3.05, 3.63) is 71.7 Å². The molecule has 0 aromatic carbocycles. The molecule has 3 heterocycles. The molecule has 232 valence electrons. The average molecular weight is 601 g/mol. The molecule has 1 saturated carbocycles. The van der Waals surface area contributed by atoms with Gasteiger partial charge in [0.1, 0.15) is 11.4 Å². The van der Waals surface area contributed by atoms with Gasteiger partial charge in [-0.3, -0.25) is 9.78 Å². The number of alkyl halides is 2.